The molecule has 2 rings (SSSR count). The van der Waals surface area contributed by atoms with Crippen LogP contribution in [0.1, 0.15) is 39.2 Å². The fourth-order valence-corrected chi connectivity index (χ4v) is 3.80. The zero-order valence-electron chi connectivity index (χ0n) is 19.2. The molecule has 1 heterocycles. The molecule has 1 aliphatic rings. The molecule has 10 nitrogen and oxygen atoms in total. The quantitative estimate of drug-likeness (QED) is 0.317. The van der Waals surface area contributed by atoms with E-state index in [4.69, 9.17) is 5.73 Å². The number of carboxylic acid groups (broad SMARTS) is 1. The first kappa shape index (κ1) is 26.3. The lowest BCUT2D eigenvalue weighted by Gasteiger charge is -2.30. The number of aliphatic hydroxyl groups excluding tert-OH is 1. The number of aliphatic carboxylic acids is 1. The van der Waals surface area contributed by atoms with Gasteiger partial charge < -0.3 is 31.5 Å². The van der Waals surface area contributed by atoms with Gasteiger partial charge >= 0.3 is 5.97 Å². The predicted octanol–water partition coefficient (Wildman–Crippen LogP) is -0.362. The van der Waals surface area contributed by atoms with E-state index in [-0.39, 0.29) is 12.3 Å². The molecule has 6 N–H and O–H groups in total. The van der Waals surface area contributed by atoms with Crippen molar-refractivity contribution in [2.45, 2.75) is 70.3 Å². The first-order valence-corrected chi connectivity index (χ1v) is 11.1. The molecule has 5 unspecified atom stereocenters. The van der Waals surface area contributed by atoms with E-state index in [1.807, 2.05) is 30.3 Å². The highest BCUT2D eigenvalue weighted by molar-refractivity contribution is 5.94. The zero-order valence-corrected chi connectivity index (χ0v) is 19.2. The number of likely N-dealkylation sites (tertiary alicyclic amines) is 1. The van der Waals surface area contributed by atoms with Gasteiger partial charge in [-0.15, -0.1) is 0 Å². The van der Waals surface area contributed by atoms with Crippen molar-refractivity contribution in [3.05, 3.63) is 35.9 Å². The second-order valence-electron chi connectivity index (χ2n) is 8.78. The van der Waals surface area contributed by atoms with Gasteiger partial charge in [-0.2, -0.15) is 0 Å². The third-order valence-electron chi connectivity index (χ3n) is 5.79. The van der Waals surface area contributed by atoms with Crippen LogP contribution in [-0.4, -0.2) is 75.6 Å². The number of nitrogens with zero attached hydrogens (tertiary/aromatic N) is 1. The number of aliphatic hydroxyl groups is 1. The number of rotatable bonds is 10. The summed E-state index contributed by atoms with van der Waals surface area (Å²) in [6.07, 6.45) is 0.0302. The van der Waals surface area contributed by atoms with Crippen molar-refractivity contribution < 1.29 is 29.4 Å². The molecule has 182 valence electrons. The molecule has 0 spiro atoms. The molecule has 1 aromatic rings. The smallest absolute Gasteiger partial charge is 0.326 e. The molecular weight excluding hydrogens is 428 g/mol. The summed E-state index contributed by atoms with van der Waals surface area (Å²) in [5.74, 6) is -3.14. The highest BCUT2D eigenvalue weighted by Crippen LogP contribution is 2.20. The van der Waals surface area contributed by atoms with E-state index in [1.165, 1.54) is 11.8 Å². The van der Waals surface area contributed by atoms with Crippen molar-refractivity contribution in [1.82, 2.24) is 15.5 Å². The summed E-state index contributed by atoms with van der Waals surface area (Å²) in [6, 6.07) is 4.96. The number of hydrogen-bond donors (Lipinski definition) is 5. The van der Waals surface area contributed by atoms with Crippen LogP contribution in [0.5, 0.6) is 0 Å². The largest absolute Gasteiger partial charge is 0.480 e. The topological polar surface area (TPSA) is 162 Å². The Labute approximate surface area is 193 Å². The average Bonchev–Trinajstić information content (AvgIpc) is 3.25. The van der Waals surface area contributed by atoms with Gasteiger partial charge in [0, 0.05) is 13.0 Å². The molecule has 10 heteroatoms. The molecule has 0 saturated carbocycles. The van der Waals surface area contributed by atoms with Crippen LogP contribution in [-0.2, 0) is 25.6 Å². The number of benzene rings is 1. The van der Waals surface area contributed by atoms with Gasteiger partial charge in [-0.1, -0.05) is 44.2 Å². The third-order valence-corrected chi connectivity index (χ3v) is 5.79. The minimum atomic E-state index is -1.21. The molecule has 5 atom stereocenters. The van der Waals surface area contributed by atoms with Gasteiger partial charge in [-0.25, -0.2) is 4.79 Å². The van der Waals surface area contributed by atoms with Crippen LogP contribution in [0.3, 0.4) is 0 Å². The van der Waals surface area contributed by atoms with Gasteiger partial charge in [0.2, 0.25) is 17.7 Å². The van der Waals surface area contributed by atoms with E-state index >= 15 is 0 Å². The van der Waals surface area contributed by atoms with Crippen LogP contribution in [0.15, 0.2) is 30.3 Å². The molecule has 0 radical (unpaired) electrons. The lowest BCUT2D eigenvalue weighted by molar-refractivity contribution is -0.145. The maximum Gasteiger partial charge on any atom is 0.326 e. The van der Waals surface area contributed by atoms with Gasteiger partial charge in [0.05, 0.1) is 6.10 Å². The Balaban J connectivity index is 2.22. The average molecular weight is 463 g/mol. The highest BCUT2D eigenvalue weighted by Gasteiger charge is 2.39. The van der Waals surface area contributed by atoms with E-state index < -0.39 is 54.0 Å². The maximum absolute atomic E-state index is 13.5. The number of nitrogens with two attached hydrogens (primary N) is 1. The van der Waals surface area contributed by atoms with Gasteiger partial charge in [0.25, 0.3) is 0 Å². The standard InChI is InChI=1S/C23H34N4O6/c1-13(2)19(23(32)33)26-20(29)17-10-7-11-27(17)22(31)16(12-15-8-5-4-6-9-15)25-21(30)18(24)14(3)28/h4-6,8-9,13-14,16-19,28H,7,10-12,24H2,1-3H3,(H,25,30)(H,26,29)(H,32,33). The molecule has 1 aliphatic heterocycles. The molecule has 1 saturated heterocycles. The molecular formula is C23H34N4O6. The van der Waals surface area contributed by atoms with Gasteiger partial charge in [0.15, 0.2) is 0 Å². The first-order chi connectivity index (χ1) is 15.5. The van der Waals surface area contributed by atoms with Crippen LogP contribution >= 0.6 is 0 Å². The van der Waals surface area contributed by atoms with Crippen LogP contribution in [0.2, 0.25) is 0 Å². The Hall–Kier alpha value is -2.98. The molecule has 0 bridgehead atoms. The Bertz CT molecular complexity index is 845. The van der Waals surface area contributed by atoms with E-state index in [0.29, 0.717) is 19.4 Å². The van der Waals surface area contributed by atoms with Crippen molar-refractivity contribution in [1.29, 1.82) is 0 Å². The molecule has 3 amide bonds. The Morgan fingerprint density at radius 2 is 1.76 bits per heavy atom. The fourth-order valence-electron chi connectivity index (χ4n) is 3.80. The number of amides is 3. The second kappa shape index (κ2) is 11.8. The summed E-state index contributed by atoms with van der Waals surface area (Å²) in [4.78, 5) is 51.7. The molecule has 0 aliphatic carbocycles. The normalized spacial score (nSPS) is 19.5. The minimum absolute atomic E-state index is 0.173. The number of nitrogens with one attached hydrogen (secondary N) is 2. The van der Waals surface area contributed by atoms with Crippen molar-refractivity contribution in [2.75, 3.05) is 6.54 Å². The Morgan fingerprint density at radius 1 is 1.12 bits per heavy atom. The predicted molar refractivity (Wildman–Crippen MR) is 121 cm³/mol. The fraction of sp³-hybridized carbons (Fsp3) is 0.565. The summed E-state index contributed by atoms with van der Waals surface area (Å²) >= 11 is 0. The summed E-state index contributed by atoms with van der Waals surface area (Å²) < 4.78 is 0. The summed E-state index contributed by atoms with van der Waals surface area (Å²) in [7, 11) is 0. The Kier molecular flexibility index (Phi) is 9.36. The minimum Gasteiger partial charge on any atom is -0.480 e. The van der Waals surface area contributed by atoms with Crippen molar-refractivity contribution >= 4 is 23.7 Å². The lowest BCUT2D eigenvalue weighted by atomic mass is 10.0. The monoisotopic (exact) mass is 462 g/mol. The second-order valence-corrected chi connectivity index (χ2v) is 8.78. The van der Waals surface area contributed by atoms with E-state index in [2.05, 4.69) is 10.6 Å². The number of carboxylic acids is 1. The summed E-state index contributed by atoms with van der Waals surface area (Å²) in [5, 5.41) is 24.2. The number of hydrogen-bond acceptors (Lipinski definition) is 6. The van der Waals surface area contributed by atoms with Crippen molar-refractivity contribution in [3.63, 3.8) is 0 Å². The van der Waals surface area contributed by atoms with Crippen molar-refractivity contribution in [2.24, 2.45) is 11.7 Å². The zero-order chi connectivity index (χ0) is 24.7. The van der Waals surface area contributed by atoms with E-state index in [1.54, 1.807) is 13.8 Å². The Morgan fingerprint density at radius 3 is 2.30 bits per heavy atom. The summed E-state index contributed by atoms with van der Waals surface area (Å²) in [5.41, 5.74) is 6.53. The van der Waals surface area contributed by atoms with Crippen LogP contribution < -0.4 is 16.4 Å². The summed E-state index contributed by atoms with van der Waals surface area (Å²) in [6.45, 7) is 5.06. The number of carbonyl (C=O) groups excluding carboxylic acids is 3. The van der Waals surface area contributed by atoms with Crippen molar-refractivity contribution in [3.8, 4) is 0 Å². The van der Waals surface area contributed by atoms with Gasteiger partial charge in [0.1, 0.15) is 24.2 Å². The van der Waals surface area contributed by atoms with Crippen LogP contribution in [0, 0.1) is 5.92 Å². The molecule has 33 heavy (non-hydrogen) atoms. The van der Waals surface area contributed by atoms with Gasteiger partial charge in [-0.05, 0) is 31.2 Å². The van der Waals surface area contributed by atoms with E-state index in [9.17, 15) is 29.4 Å². The maximum atomic E-state index is 13.5. The molecule has 0 aromatic heterocycles. The first-order valence-electron chi connectivity index (χ1n) is 11.1. The van der Waals surface area contributed by atoms with Crippen LogP contribution in [0.25, 0.3) is 0 Å². The highest BCUT2D eigenvalue weighted by atomic mass is 16.4. The molecule has 1 fully saturated rings. The van der Waals surface area contributed by atoms with E-state index in [0.717, 1.165) is 5.56 Å². The SMILES string of the molecule is CC(C)C(NC(=O)C1CCCN1C(=O)C(Cc1ccccc1)NC(=O)C(N)C(C)O)C(=O)O. The lowest BCUT2D eigenvalue weighted by Crippen LogP contribution is -2.58. The molecule has 1 aromatic carbocycles. The number of carbonyl (C=O) groups is 4. The third kappa shape index (κ3) is 7.00. The van der Waals surface area contributed by atoms with Gasteiger partial charge in [-0.3, -0.25) is 14.4 Å². The van der Waals surface area contributed by atoms with Crippen LogP contribution in [0.4, 0.5) is 0 Å².